The van der Waals surface area contributed by atoms with Gasteiger partial charge < -0.3 is 19.9 Å². The molecule has 0 heterocycles. The Morgan fingerprint density at radius 1 is 0.875 bits per heavy atom. The fourth-order valence-corrected chi connectivity index (χ4v) is 5.67. The zero-order valence-electron chi connectivity index (χ0n) is 23.1. The number of fused-ring (bicyclic) bond motifs is 1. The van der Waals surface area contributed by atoms with Crippen LogP contribution >= 0.6 is 11.8 Å². The van der Waals surface area contributed by atoms with E-state index in [9.17, 15) is 14.7 Å². The van der Waals surface area contributed by atoms with Crippen LogP contribution in [0.4, 0.5) is 0 Å². The van der Waals surface area contributed by atoms with Crippen LogP contribution in [0.2, 0.25) is 0 Å². The lowest BCUT2D eigenvalue weighted by Gasteiger charge is -2.34. The zero-order valence-corrected chi connectivity index (χ0v) is 23.9. The van der Waals surface area contributed by atoms with E-state index < -0.39 is 17.8 Å². The van der Waals surface area contributed by atoms with E-state index in [1.165, 1.54) is 41.3 Å². The number of aryl methyl sites for hydroxylation is 1. The molecule has 0 spiro atoms. The van der Waals surface area contributed by atoms with E-state index in [0.717, 1.165) is 16.7 Å². The van der Waals surface area contributed by atoms with Crippen LogP contribution in [0.1, 0.15) is 32.8 Å². The lowest BCUT2D eigenvalue weighted by molar-refractivity contribution is -0.150. The molecule has 2 atom stereocenters. The maximum Gasteiger partial charge on any atom is 0.302 e. The van der Waals surface area contributed by atoms with E-state index in [2.05, 4.69) is 90.2 Å². The van der Waals surface area contributed by atoms with Gasteiger partial charge in [0, 0.05) is 23.6 Å². The third-order valence-corrected chi connectivity index (χ3v) is 7.69. The van der Waals surface area contributed by atoms with Crippen molar-refractivity contribution in [3.05, 3.63) is 96.6 Å². The van der Waals surface area contributed by atoms with Crippen LogP contribution in [-0.4, -0.2) is 42.0 Å². The van der Waals surface area contributed by atoms with Gasteiger partial charge in [-0.15, -0.1) is 0 Å². The van der Waals surface area contributed by atoms with Crippen molar-refractivity contribution < 1.29 is 24.2 Å². The second kappa shape index (κ2) is 13.6. The average molecular weight is 558 g/mol. The number of amides is 1. The molecular formula is C33H35NO5S. The quantitative estimate of drug-likeness (QED) is 0.155. The van der Waals surface area contributed by atoms with Crippen molar-refractivity contribution >= 4 is 34.4 Å². The van der Waals surface area contributed by atoms with Gasteiger partial charge in [-0.1, -0.05) is 84.6 Å². The van der Waals surface area contributed by atoms with Gasteiger partial charge in [0.25, 0.3) is 0 Å². The molecule has 7 heteroatoms. The van der Waals surface area contributed by atoms with Crippen molar-refractivity contribution in [1.82, 2.24) is 5.32 Å². The molecule has 0 aliphatic heterocycles. The maximum absolute atomic E-state index is 12.0. The Morgan fingerprint density at radius 3 is 2.25 bits per heavy atom. The van der Waals surface area contributed by atoms with Gasteiger partial charge in [0.1, 0.15) is 6.61 Å². The first-order chi connectivity index (χ1) is 19.2. The normalized spacial score (nSPS) is 13.4. The lowest BCUT2D eigenvalue weighted by Crippen LogP contribution is -2.55. The van der Waals surface area contributed by atoms with Gasteiger partial charge in [-0.05, 0) is 65.4 Å². The third kappa shape index (κ3) is 7.94. The minimum absolute atomic E-state index is 0.00887. The van der Waals surface area contributed by atoms with Crippen LogP contribution in [0.25, 0.3) is 21.9 Å². The molecule has 1 amide bonds. The third-order valence-electron chi connectivity index (χ3n) is 6.60. The van der Waals surface area contributed by atoms with Crippen molar-refractivity contribution in [2.75, 3.05) is 13.2 Å². The number of ether oxygens (including phenoxy) is 2. The van der Waals surface area contributed by atoms with E-state index in [0.29, 0.717) is 12.8 Å². The fraction of sp³-hybridized carbons (Fsp3) is 0.273. The van der Waals surface area contributed by atoms with E-state index in [-0.39, 0.29) is 19.1 Å². The van der Waals surface area contributed by atoms with E-state index in [1.54, 1.807) is 11.8 Å². The van der Waals surface area contributed by atoms with Gasteiger partial charge in [0.05, 0.1) is 12.1 Å². The predicted octanol–water partition coefficient (Wildman–Crippen LogP) is 6.38. The number of aliphatic hydroxyl groups is 1. The number of aliphatic hydroxyl groups excluding tert-OH is 1. The summed E-state index contributed by atoms with van der Waals surface area (Å²) in [6.07, 6.45) is 0.0515. The van der Waals surface area contributed by atoms with Gasteiger partial charge in [0.15, 0.2) is 6.29 Å². The van der Waals surface area contributed by atoms with Gasteiger partial charge in [0.2, 0.25) is 5.91 Å². The fourth-order valence-electron chi connectivity index (χ4n) is 4.69. The largest absolute Gasteiger partial charge is 0.463 e. The summed E-state index contributed by atoms with van der Waals surface area (Å²) >= 11 is 1.76. The van der Waals surface area contributed by atoms with Crippen molar-refractivity contribution in [2.24, 2.45) is 0 Å². The first-order valence-corrected chi connectivity index (χ1v) is 14.1. The Labute approximate surface area is 239 Å². The molecule has 0 saturated heterocycles. The summed E-state index contributed by atoms with van der Waals surface area (Å²) in [5.74, 6) is -0.714. The summed E-state index contributed by atoms with van der Waals surface area (Å²) < 4.78 is 10.7. The van der Waals surface area contributed by atoms with Gasteiger partial charge in [-0.25, -0.2) is 0 Å². The number of nitrogens with one attached hydrogen (secondary N) is 1. The van der Waals surface area contributed by atoms with Gasteiger partial charge in [-0.2, -0.15) is 0 Å². The molecule has 4 rings (SSSR count). The Balaban J connectivity index is 1.55. The Morgan fingerprint density at radius 2 is 1.57 bits per heavy atom. The van der Waals surface area contributed by atoms with Crippen LogP contribution in [0.5, 0.6) is 0 Å². The summed E-state index contributed by atoms with van der Waals surface area (Å²) in [4.78, 5) is 26.0. The monoisotopic (exact) mass is 557 g/mol. The second-order valence-corrected chi connectivity index (χ2v) is 11.0. The minimum Gasteiger partial charge on any atom is -0.463 e. The second-order valence-electron chi connectivity index (χ2n) is 9.92. The molecule has 4 aromatic carbocycles. The molecule has 0 aliphatic rings. The molecule has 2 N–H and O–H groups in total. The highest BCUT2D eigenvalue weighted by Gasteiger charge is 2.33. The molecule has 0 fully saturated rings. The number of hydrogen-bond acceptors (Lipinski definition) is 6. The first kappa shape index (κ1) is 29.3. The highest BCUT2D eigenvalue weighted by atomic mass is 32.2. The van der Waals surface area contributed by atoms with Crippen LogP contribution in [0.15, 0.2) is 101 Å². The molecule has 0 aromatic heterocycles. The zero-order chi connectivity index (χ0) is 28.5. The van der Waals surface area contributed by atoms with Crippen molar-refractivity contribution in [1.29, 1.82) is 0 Å². The summed E-state index contributed by atoms with van der Waals surface area (Å²) in [6, 6.07) is 31.6. The Bertz CT molecular complexity index is 1440. The highest BCUT2D eigenvalue weighted by Crippen LogP contribution is 2.37. The molecule has 0 aliphatic carbocycles. The minimum atomic E-state index is -1.02. The number of esters is 1. The van der Waals surface area contributed by atoms with E-state index in [4.69, 9.17) is 9.47 Å². The SMILES string of the molecule is CC(=O)NC(CCc1ccc(-c2cccc3c(Sc4ccccc4)cccc23)cc1)(COC(C)=O)COC(C)O. The van der Waals surface area contributed by atoms with Crippen LogP contribution in [0, 0.1) is 0 Å². The summed E-state index contributed by atoms with van der Waals surface area (Å²) in [5.41, 5.74) is 2.38. The standard InChI is InChI=1S/C33H35NO5S/c1-23(35)34-33(21-38-24(2)36,22-39-25(3)37)20-19-26-15-17-27(18-16-26)29-11-7-13-31-30(29)12-8-14-32(31)40-28-9-5-4-6-10-28/h4-18,24,36H,19-22H2,1-3H3,(H,34,35). The molecule has 208 valence electrons. The molecule has 6 nitrogen and oxygen atoms in total. The maximum atomic E-state index is 12.0. The molecule has 0 bridgehead atoms. The summed E-state index contributed by atoms with van der Waals surface area (Å²) in [6.45, 7) is 4.19. The van der Waals surface area contributed by atoms with Crippen molar-refractivity contribution in [3.8, 4) is 11.1 Å². The number of rotatable bonds is 12. The topological polar surface area (TPSA) is 84.9 Å². The molecule has 0 saturated carbocycles. The first-order valence-electron chi connectivity index (χ1n) is 13.3. The molecular weight excluding hydrogens is 522 g/mol. The summed E-state index contributed by atoms with van der Waals surface area (Å²) in [5, 5.41) is 15.0. The van der Waals surface area contributed by atoms with Crippen LogP contribution in [-0.2, 0) is 25.5 Å². The van der Waals surface area contributed by atoms with E-state index >= 15 is 0 Å². The number of hydrogen-bond donors (Lipinski definition) is 2. The molecule has 2 unspecified atom stereocenters. The smallest absolute Gasteiger partial charge is 0.302 e. The number of carbonyl (C=O) groups is 2. The predicted molar refractivity (Wildman–Crippen MR) is 159 cm³/mol. The molecule has 40 heavy (non-hydrogen) atoms. The number of carbonyl (C=O) groups excluding carboxylic acids is 2. The lowest BCUT2D eigenvalue weighted by atomic mass is 9.91. The van der Waals surface area contributed by atoms with E-state index in [1.807, 2.05) is 6.07 Å². The van der Waals surface area contributed by atoms with Crippen molar-refractivity contribution in [2.45, 2.75) is 55.2 Å². The van der Waals surface area contributed by atoms with Gasteiger partial charge in [-0.3, -0.25) is 9.59 Å². The Hall–Kier alpha value is -3.65. The molecule has 4 aromatic rings. The van der Waals surface area contributed by atoms with Gasteiger partial charge >= 0.3 is 5.97 Å². The summed E-state index contributed by atoms with van der Waals surface area (Å²) in [7, 11) is 0. The van der Waals surface area contributed by atoms with Crippen LogP contribution < -0.4 is 5.32 Å². The van der Waals surface area contributed by atoms with Crippen molar-refractivity contribution in [3.63, 3.8) is 0 Å². The Kier molecular flexibility index (Phi) is 9.98. The highest BCUT2D eigenvalue weighted by molar-refractivity contribution is 7.99. The number of benzene rings is 4. The average Bonchev–Trinajstić information content (AvgIpc) is 2.94. The molecule has 0 radical (unpaired) electrons. The van der Waals surface area contributed by atoms with Crippen LogP contribution in [0.3, 0.4) is 0 Å².